The molecule has 0 aliphatic carbocycles. The zero-order valence-corrected chi connectivity index (χ0v) is 36.9. The predicted octanol–water partition coefficient (Wildman–Crippen LogP) is 2.52. The molecule has 8 N–H and O–H groups in total. The van der Waals surface area contributed by atoms with Crippen LogP contribution in [0.25, 0.3) is 0 Å². The third kappa shape index (κ3) is 51.4. The first-order valence-electron chi connectivity index (χ1n) is 21.1. The van der Waals surface area contributed by atoms with Gasteiger partial charge in [-0.05, 0) is 60.8 Å². The molecule has 1 saturated heterocycles. The van der Waals surface area contributed by atoms with Crippen molar-refractivity contribution in [3.63, 3.8) is 0 Å². The Balaban J connectivity index is -0.000000955. The molecular formula is C41H92N4O12. The van der Waals surface area contributed by atoms with E-state index in [0.717, 1.165) is 39.1 Å². The van der Waals surface area contributed by atoms with Gasteiger partial charge in [0.15, 0.2) is 0 Å². The maximum Gasteiger partial charge on any atom is 0.104 e. The van der Waals surface area contributed by atoms with Gasteiger partial charge in [-0.25, -0.2) is 0 Å². The summed E-state index contributed by atoms with van der Waals surface area (Å²) in [6, 6.07) is 0.424. The Morgan fingerprint density at radius 2 is 0.895 bits per heavy atom. The molecular weight excluding hydrogens is 740 g/mol. The van der Waals surface area contributed by atoms with E-state index in [0.29, 0.717) is 112 Å². The van der Waals surface area contributed by atoms with Crippen LogP contribution in [0.1, 0.15) is 89.0 Å². The Morgan fingerprint density at radius 1 is 0.526 bits per heavy atom. The van der Waals surface area contributed by atoms with Crippen LogP contribution in [0.5, 0.6) is 0 Å². The van der Waals surface area contributed by atoms with Crippen LogP contribution in [0.4, 0.5) is 0 Å². The molecule has 1 aliphatic heterocycles. The number of ether oxygens (including phenoxy) is 10. The molecule has 1 fully saturated rings. The molecule has 0 aromatic carbocycles. The van der Waals surface area contributed by atoms with Gasteiger partial charge in [0.25, 0.3) is 0 Å². The van der Waals surface area contributed by atoms with E-state index < -0.39 is 12.2 Å². The molecule has 0 saturated carbocycles. The smallest absolute Gasteiger partial charge is 0.104 e. The predicted molar refractivity (Wildman–Crippen MR) is 228 cm³/mol. The van der Waals surface area contributed by atoms with Gasteiger partial charge in [-0.3, -0.25) is 0 Å². The maximum absolute atomic E-state index is 9.83. The number of hydrogen-bond donors (Lipinski definition) is 6. The minimum atomic E-state index is -0.506. The third-order valence-corrected chi connectivity index (χ3v) is 7.24. The average Bonchev–Trinajstić information content (AvgIpc) is 3.98. The van der Waals surface area contributed by atoms with Crippen LogP contribution in [0, 0.1) is 0 Å². The lowest BCUT2D eigenvalue weighted by molar-refractivity contribution is -0.0349. The first-order valence-corrected chi connectivity index (χ1v) is 21.1. The summed E-state index contributed by atoms with van der Waals surface area (Å²) in [7, 11) is 0. The Bertz CT molecular complexity index is 777. The molecule has 1 heterocycles. The maximum atomic E-state index is 9.83. The lowest BCUT2D eigenvalue weighted by atomic mass is 10.3. The van der Waals surface area contributed by atoms with Crippen LogP contribution in [0.15, 0.2) is 0 Å². The summed E-state index contributed by atoms with van der Waals surface area (Å²) in [4.78, 5) is 0. The minimum Gasteiger partial charge on any atom is -0.389 e. The Labute approximate surface area is 348 Å². The Hall–Kier alpha value is -0.640. The van der Waals surface area contributed by atoms with Crippen LogP contribution in [0.2, 0.25) is 0 Å². The fourth-order valence-electron chi connectivity index (χ4n) is 4.23. The average molecular weight is 833 g/mol. The van der Waals surface area contributed by atoms with Crippen LogP contribution in [-0.4, -0.2) is 190 Å². The van der Waals surface area contributed by atoms with E-state index in [-0.39, 0.29) is 43.8 Å². The highest BCUT2D eigenvalue weighted by molar-refractivity contribution is 4.67. The van der Waals surface area contributed by atoms with E-state index in [1.165, 1.54) is 0 Å². The van der Waals surface area contributed by atoms with E-state index in [9.17, 15) is 10.2 Å². The molecule has 1 aliphatic rings. The van der Waals surface area contributed by atoms with Crippen LogP contribution < -0.4 is 22.1 Å². The molecule has 1 rings (SSSR count). The molecule has 9 unspecified atom stereocenters. The van der Waals surface area contributed by atoms with Crippen LogP contribution >= 0.6 is 0 Å². The second-order valence-electron chi connectivity index (χ2n) is 14.6. The molecule has 0 bridgehead atoms. The van der Waals surface area contributed by atoms with Crippen molar-refractivity contribution in [1.29, 1.82) is 0 Å². The lowest BCUT2D eigenvalue weighted by Gasteiger charge is -2.19. The van der Waals surface area contributed by atoms with Gasteiger partial charge < -0.3 is 79.7 Å². The lowest BCUT2D eigenvalue weighted by Crippen LogP contribution is -2.39. The molecule has 16 nitrogen and oxygen atoms in total. The summed E-state index contributed by atoms with van der Waals surface area (Å²) in [5, 5.41) is 26.1. The Kier molecular flexibility index (Phi) is 47.8. The fourth-order valence-corrected chi connectivity index (χ4v) is 4.23. The molecule has 0 aromatic rings. The second kappa shape index (κ2) is 44.9. The highest BCUT2D eigenvalue weighted by Gasteiger charge is 2.21. The molecule has 0 spiro atoms. The fraction of sp³-hybridized carbons (Fsp3) is 1.00. The molecule has 348 valence electrons. The van der Waals surface area contributed by atoms with Gasteiger partial charge in [-0.2, -0.15) is 0 Å². The molecule has 0 aromatic heterocycles. The van der Waals surface area contributed by atoms with Gasteiger partial charge >= 0.3 is 0 Å². The van der Waals surface area contributed by atoms with Crippen molar-refractivity contribution in [2.45, 2.75) is 144 Å². The highest BCUT2D eigenvalue weighted by Crippen LogP contribution is 2.08. The van der Waals surface area contributed by atoms with Gasteiger partial charge in [0.2, 0.25) is 0 Å². The summed E-state index contributed by atoms with van der Waals surface area (Å²) >= 11 is 0. The number of aliphatic hydroxyl groups is 2. The number of nitrogens with one attached hydrogen (secondary N) is 2. The van der Waals surface area contributed by atoms with Gasteiger partial charge in [-0.1, -0.05) is 28.2 Å². The molecule has 0 amide bonds. The number of nitrogens with two attached hydrogens (primary N) is 2. The van der Waals surface area contributed by atoms with Gasteiger partial charge in [0, 0.05) is 57.1 Å². The van der Waals surface area contributed by atoms with Gasteiger partial charge in [0.1, 0.15) is 6.10 Å². The van der Waals surface area contributed by atoms with E-state index in [1.807, 2.05) is 55.4 Å². The molecule has 57 heavy (non-hydrogen) atoms. The van der Waals surface area contributed by atoms with Crippen LogP contribution in [0.3, 0.4) is 0 Å². The number of hydrogen-bond acceptors (Lipinski definition) is 16. The Morgan fingerprint density at radius 3 is 1.32 bits per heavy atom. The topological polar surface area (TPSA) is 212 Å². The molecule has 16 heteroatoms. The second-order valence-corrected chi connectivity index (χ2v) is 14.6. The third-order valence-electron chi connectivity index (χ3n) is 7.24. The first-order chi connectivity index (χ1) is 26.8. The van der Waals surface area contributed by atoms with Crippen molar-refractivity contribution in [3.05, 3.63) is 0 Å². The molecule has 9 atom stereocenters. The number of aliphatic hydroxyl groups excluding tert-OH is 2. The summed E-state index contributed by atoms with van der Waals surface area (Å²) < 4.78 is 53.9. The first kappa shape index (κ1) is 60.7. The monoisotopic (exact) mass is 833 g/mol. The van der Waals surface area contributed by atoms with Crippen molar-refractivity contribution >= 4 is 0 Å². The van der Waals surface area contributed by atoms with Crippen molar-refractivity contribution in [1.82, 2.24) is 10.6 Å². The quantitative estimate of drug-likeness (QED) is 0.0390. The van der Waals surface area contributed by atoms with E-state index in [2.05, 4.69) is 17.6 Å². The molecule has 0 radical (unpaired) electrons. The van der Waals surface area contributed by atoms with E-state index >= 15 is 0 Å². The highest BCUT2D eigenvalue weighted by atomic mass is 16.6. The summed E-state index contributed by atoms with van der Waals surface area (Å²) in [5.74, 6) is 0. The standard InChI is InChI=1S/C23H50N2O7.C11H26N2O3.C6H12O2.CH4/c1-6-8-28-17-22(26)12-24-19(3)14-30-10-11-32-21(5)16-31-15-20(4)25-13-23(27)18-29-9-7-2;1-9(12)6-14-4-5-16-11(3)8-15-7-10(2)13;1-2-3-7-4-6-5-8-6;/h19-27H,6-18H2,1-5H3;9-11H,4-8,12-13H2,1-3H3;6H,2-5H2,1H3;1H4. The van der Waals surface area contributed by atoms with E-state index in [1.54, 1.807) is 0 Å². The normalized spacial score (nSPS) is 17.7. The number of rotatable bonds is 38. The van der Waals surface area contributed by atoms with Gasteiger partial charge in [0.05, 0.1) is 117 Å². The minimum absolute atomic E-state index is 0. The van der Waals surface area contributed by atoms with Crippen molar-refractivity contribution < 1.29 is 57.6 Å². The van der Waals surface area contributed by atoms with Crippen molar-refractivity contribution in [3.8, 4) is 0 Å². The summed E-state index contributed by atoms with van der Waals surface area (Å²) in [6.07, 6.45) is 2.48. The van der Waals surface area contributed by atoms with E-state index in [4.69, 9.17) is 58.8 Å². The SMILES string of the molecule is C.CC(N)COCCOC(C)COCC(C)N.CCCOCC(O)CNC(C)COCCOC(C)COCC(C)NCC(O)COCCC.CCCOCC1CO1. The zero-order chi connectivity index (χ0) is 42.2. The largest absolute Gasteiger partial charge is 0.389 e. The zero-order valence-electron chi connectivity index (χ0n) is 36.9. The van der Waals surface area contributed by atoms with Crippen LogP contribution in [-0.2, 0) is 47.4 Å². The number of epoxide rings is 1. The van der Waals surface area contributed by atoms with Gasteiger partial charge in [-0.15, -0.1) is 0 Å². The summed E-state index contributed by atoms with van der Waals surface area (Å²) in [5.41, 5.74) is 11.1. The van der Waals surface area contributed by atoms with Crippen molar-refractivity contribution in [2.24, 2.45) is 11.5 Å². The summed E-state index contributed by atoms with van der Waals surface area (Å²) in [6.45, 7) is 29.0. The van der Waals surface area contributed by atoms with Crippen molar-refractivity contribution in [2.75, 3.05) is 125 Å².